The highest BCUT2D eigenvalue weighted by Crippen LogP contribution is 2.31. The third kappa shape index (κ3) is 8.79. The lowest BCUT2D eigenvalue weighted by Gasteiger charge is -2.31. The van der Waals surface area contributed by atoms with Crippen LogP contribution in [-0.2, 0) is 25.9 Å². The van der Waals surface area contributed by atoms with E-state index in [1.54, 1.807) is 48.6 Å². The lowest BCUT2D eigenvalue weighted by atomic mass is 9.83. The molecule has 272 valence electrons. The minimum absolute atomic E-state index is 0.0325. The quantitative estimate of drug-likeness (QED) is 0.168. The van der Waals surface area contributed by atoms with Gasteiger partial charge in [0.15, 0.2) is 0 Å². The molecule has 0 spiro atoms. The van der Waals surface area contributed by atoms with Crippen molar-refractivity contribution in [2.24, 2.45) is 10.8 Å². The first-order valence-corrected chi connectivity index (χ1v) is 18.5. The van der Waals surface area contributed by atoms with Gasteiger partial charge in [0.25, 0.3) is 11.1 Å². The molecule has 0 atom stereocenters. The van der Waals surface area contributed by atoms with Gasteiger partial charge in [0, 0.05) is 31.5 Å². The van der Waals surface area contributed by atoms with E-state index in [1.165, 1.54) is 12.1 Å². The molecule has 2 aliphatic rings. The van der Waals surface area contributed by atoms with Crippen molar-refractivity contribution in [3.05, 3.63) is 157 Å². The van der Waals surface area contributed by atoms with Crippen LogP contribution in [0.15, 0.2) is 106 Å². The van der Waals surface area contributed by atoms with Crippen LogP contribution < -0.4 is 11.1 Å². The van der Waals surface area contributed by atoms with Crippen molar-refractivity contribution in [1.29, 1.82) is 0 Å². The molecule has 6 nitrogen and oxygen atoms in total. The van der Waals surface area contributed by atoms with Gasteiger partial charge in [-0.1, -0.05) is 95.0 Å². The van der Waals surface area contributed by atoms with Gasteiger partial charge < -0.3 is 0 Å². The van der Waals surface area contributed by atoms with Crippen molar-refractivity contribution in [2.75, 3.05) is 0 Å². The van der Waals surface area contributed by atoms with Gasteiger partial charge in [-0.15, -0.1) is 0 Å². The highest BCUT2D eigenvalue weighted by Gasteiger charge is 2.28. The number of benzene rings is 4. The maximum Gasteiger partial charge on any atom is 0.261 e. The van der Waals surface area contributed by atoms with Gasteiger partial charge in [0.05, 0.1) is 26.3 Å². The van der Waals surface area contributed by atoms with Crippen LogP contribution in [0.4, 0.5) is 8.78 Å². The molecule has 0 aliphatic carbocycles. The van der Waals surface area contributed by atoms with Crippen LogP contribution in [0.2, 0.25) is 0 Å². The van der Waals surface area contributed by atoms with Crippen molar-refractivity contribution in [3.8, 4) is 0 Å². The standard InChI is InChI=1S/C22H21FN2O.C16H18N2O.C6H4BrF/c1-22(2)11-12-25-20(14-22)24-19-13-15(8-10-17(19)21(25)26)7-9-16-5-3-4-6-18(16)23;1-4-11-5-6-12-13(9-11)17-14-10-16(2,3)7-8-18(14)15(12)19;7-5-3-1-2-4-6(5)8/h3-10,13H,11-12,14H2,1-2H3;4-6,9H,1,7-8,10H2,2-3H3;1-4H/b9-7+;;. The van der Waals surface area contributed by atoms with Gasteiger partial charge in [-0.2, -0.15) is 0 Å². The molecule has 0 N–H and O–H groups in total. The van der Waals surface area contributed by atoms with E-state index >= 15 is 0 Å². The number of nitrogens with zero attached hydrogens (tertiary/aromatic N) is 4. The zero-order chi connectivity index (χ0) is 37.9. The van der Waals surface area contributed by atoms with Gasteiger partial charge in [-0.25, -0.2) is 18.7 Å². The molecule has 0 saturated carbocycles. The topological polar surface area (TPSA) is 69.8 Å². The average Bonchev–Trinajstić information content (AvgIpc) is 3.12. The summed E-state index contributed by atoms with van der Waals surface area (Å²) in [6, 6.07) is 24.4. The first-order valence-electron chi connectivity index (χ1n) is 17.8. The summed E-state index contributed by atoms with van der Waals surface area (Å²) in [6.07, 6.45) is 9.03. The van der Waals surface area contributed by atoms with Gasteiger partial charge in [-0.3, -0.25) is 18.7 Å². The number of aromatic nitrogens is 4. The van der Waals surface area contributed by atoms with Crippen molar-refractivity contribution in [2.45, 2.75) is 66.5 Å². The monoisotopic (exact) mass is 776 g/mol. The maximum atomic E-state index is 13.8. The Kier molecular flexibility index (Phi) is 11.1. The summed E-state index contributed by atoms with van der Waals surface area (Å²) in [4.78, 5) is 34.7. The Labute approximate surface area is 316 Å². The van der Waals surface area contributed by atoms with E-state index in [0.29, 0.717) is 26.3 Å². The molecule has 2 aromatic heterocycles. The molecule has 0 unspecified atom stereocenters. The molecule has 0 bridgehead atoms. The highest BCUT2D eigenvalue weighted by molar-refractivity contribution is 9.10. The van der Waals surface area contributed by atoms with Gasteiger partial charge in [-0.05, 0) is 93.2 Å². The second-order valence-corrected chi connectivity index (χ2v) is 16.0. The fraction of sp³-hybridized carbons (Fsp3) is 0.273. The van der Waals surface area contributed by atoms with Crippen LogP contribution in [-0.4, -0.2) is 19.1 Å². The lowest BCUT2D eigenvalue weighted by Crippen LogP contribution is -2.35. The Hall–Kier alpha value is -5.02. The zero-order valence-electron chi connectivity index (χ0n) is 30.5. The summed E-state index contributed by atoms with van der Waals surface area (Å²) in [5.41, 5.74) is 4.43. The highest BCUT2D eigenvalue weighted by atomic mass is 79.9. The largest absolute Gasteiger partial charge is 0.296 e. The lowest BCUT2D eigenvalue weighted by molar-refractivity contribution is 0.261. The molecule has 53 heavy (non-hydrogen) atoms. The zero-order valence-corrected chi connectivity index (χ0v) is 32.1. The summed E-state index contributed by atoms with van der Waals surface area (Å²) >= 11 is 3.02. The SMILES string of the molecule is C=Cc1ccc2c(=O)n3c(nc2c1)CC(C)(C)CC3.CC1(C)CCn2c(nc3cc(/C=C/c4ccccc4F)ccc3c2=O)C1.Fc1ccccc1Br. The van der Waals surface area contributed by atoms with Gasteiger partial charge in [0.1, 0.15) is 23.3 Å². The van der Waals surface area contributed by atoms with Crippen LogP contribution in [0.3, 0.4) is 0 Å². The van der Waals surface area contributed by atoms with Crippen LogP contribution in [0.1, 0.15) is 68.9 Å². The van der Waals surface area contributed by atoms with E-state index in [-0.39, 0.29) is 33.6 Å². The Balaban J connectivity index is 0.000000155. The van der Waals surface area contributed by atoms with Crippen molar-refractivity contribution in [1.82, 2.24) is 19.1 Å². The Bertz CT molecular complexity index is 2460. The molecular weight excluding hydrogens is 734 g/mol. The molecule has 0 amide bonds. The predicted molar refractivity (Wildman–Crippen MR) is 216 cm³/mol. The number of halogens is 3. The first-order chi connectivity index (χ1) is 25.2. The van der Waals surface area contributed by atoms with E-state index in [9.17, 15) is 18.4 Å². The average molecular weight is 778 g/mol. The third-order valence-electron chi connectivity index (χ3n) is 9.84. The van der Waals surface area contributed by atoms with E-state index in [1.807, 2.05) is 51.6 Å². The number of fused-ring (bicyclic) bond motifs is 4. The van der Waals surface area contributed by atoms with Crippen LogP contribution in [0, 0.1) is 22.5 Å². The molecule has 4 heterocycles. The fourth-order valence-electron chi connectivity index (χ4n) is 6.63. The smallest absolute Gasteiger partial charge is 0.261 e. The third-order valence-corrected chi connectivity index (χ3v) is 10.5. The minimum Gasteiger partial charge on any atom is -0.296 e. The number of hydrogen-bond donors (Lipinski definition) is 0. The molecule has 4 aromatic carbocycles. The normalized spacial score (nSPS) is 15.5. The number of hydrogen-bond acceptors (Lipinski definition) is 4. The van der Waals surface area contributed by atoms with Crippen molar-refractivity contribution < 1.29 is 8.78 Å². The van der Waals surface area contributed by atoms with Gasteiger partial charge >= 0.3 is 0 Å². The summed E-state index contributed by atoms with van der Waals surface area (Å²) in [5, 5.41) is 1.34. The summed E-state index contributed by atoms with van der Waals surface area (Å²) in [5.74, 6) is 1.30. The molecule has 8 rings (SSSR count). The Morgan fingerprint density at radius 2 is 1.17 bits per heavy atom. The van der Waals surface area contributed by atoms with E-state index < -0.39 is 0 Å². The molecule has 2 aliphatic heterocycles. The Morgan fingerprint density at radius 1 is 0.679 bits per heavy atom. The molecule has 9 heteroatoms. The maximum absolute atomic E-state index is 13.8. The van der Waals surface area contributed by atoms with Crippen LogP contribution in [0.25, 0.3) is 40.0 Å². The predicted octanol–water partition coefficient (Wildman–Crippen LogP) is 10.3. The summed E-state index contributed by atoms with van der Waals surface area (Å²) in [6.45, 7) is 14.1. The summed E-state index contributed by atoms with van der Waals surface area (Å²) in [7, 11) is 0. The van der Waals surface area contributed by atoms with E-state index in [0.717, 1.165) is 67.1 Å². The Morgan fingerprint density at radius 3 is 1.66 bits per heavy atom. The molecule has 0 radical (unpaired) electrons. The fourth-order valence-corrected chi connectivity index (χ4v) is 6.91. The molecule has 6 aromatic rings. The van der Waals surface area contributed by atoms with Crippen LogP contribution >= 0.6 is 15.9 Å². The van der Waals surface area contributed by atoms with E-state index in [2.05, 4.69) is 50.2 Å². The van der Waals surface area contributed by atoms with Crippen LogP contribution in [0.5, 0.6) is 0 Å². The van der Waals surface area contributed by atoms with E-state index in [4.69, 9.17) is 9.97 Å². The van der Waals surface area contributed by atoms with Crippen molar-refractivity contribution >= 4 is 56.0 Å². The van der Waals surface area contributed by atoms with Crippen molar-refractivity contribution in [3.63, 3.8) is 0 Å². The molecular formula is C44H43BrF2N4O2. The number of rotatable bonds is 3. The summed E-state index contributed by atoms with van der Waals surface area (Å²) < 4.78 is 30.2. The first kappa shape index (κ1) is 37.7. The minimum atomic E-state index is -0.253. The van der Waals surface area contributed by atoms with Gasteiger partial charge in [0.2, 0.25) is 0 Å². The second kappa shape index (κ2) is 15.5. The second-order valence-electron chi connectivity index (χ2n) is 15.2. The molecule has 0 fully saturated rings. The molecule has 0 saturated heterocycles.